The second-order valence-electron chi connectivity index (χ2n) is 4.06. The highest BCUT2D eigenvalue weighted by molar-refractivity contribution is 6.18. The van der Waals surface area contributed by atoms with Gasteiger partial charge in [-0.2, -0.15) is 0 Å². The molecule has 0 amide bonds. The van der Waals surface area contributed by atoms with Crippen molar-refractivity contribution in [2.24, 2.45) is 5.92 Å². The monoisotopic (exact) mass is 256 g/mol. The molecule has 0 N–H and O–H groups in total. The third-order valence-electron chi connectivity index (χ3n) is 2.75. The molecule has 0 aliphatic rings. The van der Waals surface area contributed by atoms with Crippen molar-refractivity contribution in [1.82, 2.24) is 0 Å². The Morgan fingerprint density at radius 2 is 2.18 bits per heavy atom. The van der Waals surface area contributed by atoms with Crippen LogP contribution in [0.1, 0.15) is 18.9 Å². The number of benzene rings is 1. The van der Waals surface area contributed by atoms with Gasteiger partial charge in [0, 0.05) is 19.1 Å². The molecule has 1 aromatic rings. The fourth-order valence-corrected chi connectivity index (χ4v) is 2.02. The lowest BCUT2D eigenvalue weighted by atomic mass is 9.98. The van der Waals surface area contributed by atoms with Crippen LogP contribution in [0.25, 0.3) is 0 Å². The first kappa shape index (κ1) is 14.3. The fraction of sp³-hybridized carbons (Fsp3) is 0.571. The van der Waals surface area contributed by atoms with Gasteiger partial charge in [-0.15, -0.1) is 11.6 Å². The fourth-order valence-electron chi connectivity index (χ4n) is 1.76. The molecule has 0 aliphatic carbocycles. The summed E-state index contributed by atoms with van der Waals surface area (Å²) in [6.07, 6.45) is 1.99. The molecule has 0 fully saturated rings. The molecule has 1 atom stereocenters. The molecule has 1 rings (SSSR count). The van der Waals surface area contributed by atoms with Crippen LogP contribution in [0.3, 0.4) is 0 Å². The second-order valence-corrected chi connectivity index (χ2v) is 4.37. The maximum Gasteiger partial charge on any atom is 0.119 e. The lowest BCUT2D eigenvalue weighted by Gasteiger charge is -2.14. The third-order valence-corrected chi connectivity index (χ3v) is 3.19. The Labute approximate surface area is 109 Å². The number of rotatable bonds is 8. The van der Waals surface area contributed by atoms with Crippen LogP contribution in [0.4, 0.5) is 0 Å². The standard InChI is InChI=1S/C14H21ClO2/c1-3-17-8-7-13(11-15)9-12-5-4-6-14(10-12)16-2/h4-6,10,13H,3,7-9,11H2,1-2H3. The van der Waals surface area contributed by atoms with Crippen molar-refractivity contribution >= 4 is 11.6 Å². The van der Waals surface area contributed by atoms with Gasteiger partial charge < -0.3 is 9.47 Å². The SMILES string of the molecule is CCOCCC(CCl)Cc1cccc(OC)c1. The minimum atomic E-state index is 0.468. The molecule has 1 aromatic carbocycles. The average molecular weight is 257 g/mol. The summed E-state index contributed by atoms with van der Waals surface area (Å²) < 4.78 is 10.6. The van der Waals surface area contributed by atoms with Crippen LogP contribution in [-0.2, 0) is 11.2 Å². The highest BCUT2D eigenvalue weighted by atomic mass is 35.5. The number of hydrogen-bond acceptors (Lipinski definition) is 2. The van der Waals surface area contributed by atoms with E-state index in [-0.39, 0.29) is 0 Å². The van der Waals surface area contributed by atoms with Gasteiger partial charge in [0.1, 0.15) is 5.75 Å². The minimum absolute atomic E-state index is 0.468. The summed E-state index contributed by atoms with van der Waals surface area (Å²) in [5.41, 5.74) is 1.27. The zero-order chi connectivity index (χ0) is 12.5. The molecule has 0 bridgehead atoms. The van der Waals surface area contributed by atoms with Crippen molar-refractivity contribution in [3.63, 3.8) is 0 Å². The van der Waals surface area contributed by atoms with Gasteiger partial charge in [0.05, 0.1) is 7.11 Å². The zero-order valence-electron chi connectivity index (χ0n) is 10.6. The Balaban J connectivity index is 2.48. The Hall–Kier alpha value is -0.730. The van der Waals surface area contributed by atoms with Crippen LogP contribution in [0, 0.1) is 5.92 Å². The molecule has 17 heavy (non-hydrogen) atoms. The van der Waals surface area contributed by atoms with Gasteiger partial charge in [0.15, 0.2) is 0 Å². The quantitative estimate of drug-likeness (QED) is 0.523. The van der Waals surface area contributed by atoms with Crippen LogP contribution in [0.2, 0.25) is 0 Å². The maximum atomic E-state index is 5.98. The largest absolute Gasteiger partial charge is 0.497 e. The molecule has 0 spiro atoms. The molecule has 0 saturated carbocycles. The molecular weight excluding hydrogens is 236 g/mol. The maximum absolute atomic E-state index is 5.98. The van der Waals surface area contributed by atoms with Gasteiger partial charge in [0.25, 0.3) is 0 Å². The van der Waals surface area contributed by atoms with Crippen LogP contribution < -0.4 is 4.74 Å². The Morgan fingerprint density at radius 3 is 2.82 bits per heavy atom. The molecule has 3 heteroatoms. The molecule has 0 heterocycles. The van der Waals surface area contributed by atoms with E-state index in [9.17, 15) is 0 Å². The van der Waals surface area contributed by atoms with Gasteiger partial charge in [-0.25, -0.2) is 0 Å². The van der Waals surface area contributed by atoms with Crippen LogP contribution in [0.15, 0.2) is 24.3 Å². The van der Waals surface area contributed by atoms with E-state index in [4.69, 9.17) is 21.1 Å². The number of ether oxygens (including phenoxy) is 2. The molecule has 0 aromatic heterocycles. The van der Waals surface area contributed by atoms with Gasteiger partial charge in [-0.05, 0) is 43.4 Å². The first-order valence-corrected chi connectivity index (χ1v) is 6.60. The first-order chi connectivity index (χ1) is 8.30. The molecule has 96 valence electrons. The molecule has 1 unspecified atom stereocenters. The van der Waals surface area contributed by atoms with Crippen molar-refractivity contribution in [2.45, 2.75) is 19.8 Å². The summed E-state index contributed by atoms with van der Waals surface area (Å²) in [5.74, 6) is 2.04. The summed E-state index contributed by atoms with van der Waals surface area (Å²) in [5, 5.41) is 0. The normalized spacial score (nSPS) is 12.4. The van der Waals surface area contributed by atoms with Crippen molar-refractivity contribution in [3.05, 3.63) is 29.8 Å². The smallest absolute Gasteiger partial charge is 0.119 e. The molecular formula is C14H21ClO2. The van der Waals surface area contributed by atoms with Crippen LogP contribution >= 0.6 is 11.6 Å². The highest BCUT2D eigenvalue weighted by Crippen LogP contribution is 2.18. The van der Waals surface area contributed by atoms with E-state index in [2.05, 4.69) is 12.1 Å². The number of hydrogen-bond donors (Lipinski definition) is 0. The molecule has 0 aliphatic heterocycles. The van der Waals surface area contributed by atoms with Crippen molar-refractivity contribution in [2.75, 3.05) is 26.2 Å². The predicted octanol–water partition coefficient (Wildman–Crippen LogP) is 3.52. The van der Waals surface area contributed by atoms with Crippen molar-refractivity contribution in [3.8, 4) is 5.75 Å². The zero-order valence-corrected chi connectivity index (χ0v) is 11.4. The number of alkyl halides is 1. The summed E-state index contributed by atoms with van der Waals surface area (Å²) >= 11 is 5.98. The third kappa shape index (κ3) is 5.42. The Morgan fingerprint density at radius 1 is 1.35 bits per heavy atom. The second kappa shape index (κ2) is 8.37. The average Bonchev–Trinajstić information content (AvgIpc) is 2.38. The Bertz CT molecular complexity index is 315. The summed E-state index contributed by atoms with van der Waals surface area (Å²) in [6, 6.07) is 8.16. The summed E-state index contributed by atoms with van der Waals surface area (Å²) in [4.78, 5) is 0. The van der Waals surface area contributed by atoms with Crippen molar-refractivity contribution < 1.29 is 9.47 Å². The lowest BCUT2D eigenvalue weighted by molar-refractivity contribution is 0.134. The predicted molar refractivity (Wildman–Crippen MR) is 72.0 cm³/mol. The number of methoxy groups -OCH3 is 1. The molecule has 2 nitrogen and oxygen atoms in total. The number of halogens is 1. The molecule has 0 saturated heterocycles. The summed E-state index contributed by atoms with van der Waals surface area (Å²) in [6.45, 7) is 3.57. The van der Waals surface area contributed by atoms with Gasteiger partial charge in [-0.1, -0.05) is 12.1 Å². The lowest BCUT2D eigenvalue weighted by Crippen LogP contribution is -2.10. The van der Waals surface area contributed by atoms with Gasteiger partial charge in [-0.3, -0.25) is 0 Å². The van der Waals surface area contributed by atoms with Gasteiger partial charge in [0.2, 0.25) is 0 Å². The van der Waals surface area contributed by atoms with E-state index >= 15 is 0 Å². The van der Waals surface area contributed by atoms with E-state index < -0.39 is 0 Å². The minimum Gasteiger partial charge on any atom is -0.497 e. The van der Waals surface area contributed by atoms with E-state index in [0.717, 1.165) is 31.8 Å². The van der Waals surface area contributed by atoms with E-state index in [1.807, 2.05) is 19.1 Å². The Kier molecular flexibility index (Phi) is 7.06. The van der Waals surface area contributed by atoms with Crippen LogP contribution in [-0.4, -0.2) is 26.2 Å². The van der Waals surface area contributed by atoms with E-state index in [1.54, 1.807) is 7.11 Å². The van der Waals surface area contributed by atoms with E-state index in [0.29, 0.717) is 11.8 Å². The molecule has 0 radical (unpaired) electrons. The topological polar surface area (TPSA) is 18.5 Å². The van der Waals surface area contributed by atoms with Crippen molar-refractivity contribution in [1.29, 1.82) is 0 Å². The first-order valence-electron chi connectivity index (χ1n) is 6.06. The van der Waals surface area contributed by atoms with Crippen LogP contribution in [0.5, 0.6) is 5.75 Å². The van der Waals surface area contributed by atoms with E-state index in [1.165, 1.54) is 5.56 Å². The summed E-state index contributed by atoms with van der Waals surface area (Å²) in [7, 11) is 1.69. The highest BCUT2D eigenvalue weighted by Gasteiger charge is 2.09. The van der Waals surface area contributed by atoms with Gasteiger partial charge >= 0.3 is 0 Å².